The van der Waals surface area contributed by atoms with E-state index < -0.39 is 23.4 Å². The molecule has 0 spiro atoms. The van der Waals surface area contributed by atoms with Gasteiger partial charge >= 0.3 is 27.0 Å². The van der Waals surface area contributed by atoms with Crippen molar-refractivity contribution in [1.29, 1.82) is 0 Å². The van der Waals surface area contributed by atoms with Gasteiger partial charge in [0.15, 0.2) is 0 Å². The van der Waals surface area contributed by atoms with Gasteiger partial charge in [-0.2, -0.15) is 13.5 Å². The van der Waals surface area contributed by atoms with Crippen molar-refractivity contribution in [2.75, 3.05) is 0 Å². The number of hydrogen-bond acceptors (Lipinski definition) is 0. The van der Waals surface area contributed by atoms with E-state index in [0.717, 1.165) is 25.7 Å². The van der Waals surface area contributed by atoms with Crippen LogP contribution in [0, 0.1) is 14.9 Å². The molecule has 0 unspecified atom stereocenters. The van der Waals surface area contributed by atoms with E-state index in [9.17, 15) is 12.9 Å². The zero-order valence-electron chi connectivity index (χ0n) is 33.9. The number of aryl methyl sites for hydroxylation is 4. The second kappa shape index (κ2) is 28.8. The standard InChI is InChI=1S/C40H34P2.C8H12.2CH3.BF3.FH.Rh.H2S/c1-5-13-35(14-6-1)41(36-15-7-2-8-16-36)39-29-31-21-25-33(39)27-23-32-22-26-34(28-24-31)40(30-32)42(37-17-9-3-10-18-37)38-19-11-4-12-20-38;1-2-4-6-8-7-5-3-1;;;2-1(3)4;;;/h1-22,25-26,29-30H,23-24,27-28H2;1-2,7-8H,3-6H2;2*1H3;;1H;;1H2/q;;2*-1;;;+3;/p+1/b;2-1-,8-7-;;;;;;. The van der Waals surface area contributed by atoms with E-state index in [1.165, 1.54) is 69.2 Å². The summed E-state index contributed by atoms with van der Waals surface area (Å²) in [4.78, 5) is 0. The van der Waals surface area contributed by atoms with Crippen molar-refractivity contribution in [1.82, 2.24) is 0 Å². The molecule has 0 aromatic heterocycles. The average molecular weight is 941 g/mol. The van der Waals surface area contributed by atoms with Gasteiger partial charge in [-0.3, -0.25) is 12.9 Å². The first kappa shape index (κ1) is 53.4. The van der Waals surface area contributed by atoms with Crippen LogP contribution in [0.1, 0.15) is 47.9 Å². The quantitative estimate of drug-likeness (QED) is 0.0521. The molecule has 0 fully saturated rings. The van der Waals surface area contributed by atoms with Crippen LogP contribution < -0.4 is 36.5 Å². The van der Waals surface area contributed by atoms with Crippen LogP contribution in [0.3, 0.4) is 0 Å². The van der Waals surface area contributed by atoms with Crippen molar-refractivity contribution in [2.45, 2.75) is 51.4 Å². The molecule has 4 bridgehead atoms. The Morgan fingerprint density at radius 2 is 0.644 bits per heavy atom. The van der Waals surface area contributed by atoms with Gasteiger partial charge in [-0.1, -0.05) is 121 Å². The maximum absolute atomic E-state index is 9.67. The summed E-state index contributed by atoms with van der Waals surface area (Å²) in [7, 11) is -5.90. The molecular formula is C50H56BF4P2RhS+2. The molecular weight excluding hydrogens is 884 g/mol. The Balaban J connectivity index is 0.000000895. The van der Waals surface area contributed by atoms with Crippen LogP contribution in [0.4, 0.5) is 12.9 Å². The summed E-state index contributed by atoms with van der Waals surface area (Å²) in [5.41, 5.74) is 5.91. The summed E-state index contributed by atoms with van der Waals surface area (Å²) in [5, 5.41) is 8.96. The van der Waals surface area contributed by atoms with Gasteiger partial charge in [-0.25, -0.2) is 0 Å². The van der Waals surface area contributed by atoms with E-state index in [2.05, 4.69) is 182 Å². The third-order valence-electron chi connectivity index (χ3n) is 9.84. The molecule has 0 N–H and O–H groups in total. The Labute approximate surface area is 374 Å². The van der Waals surface area contributed by atoms with E-state index in [-0.39, 0.29) is 52.5 Å². The first-order valence-corrected chi connectivity index (χ1v) is 22.0. The fourth-order valence-corrected chi connectivity index (χ4v) is 13.0. The van der Waals surface area contributed by atoms with Crippen LogP contribution in [0.2, 0.25) is 0 Å². The van der Waals surface area contributed by atoms with Crippen molar-refractivity contribution in [3.05, 3.63) is 219 Å². The van der Waals surface area contributed by atoms with Crippen LogP contribution in [0.15, 0.2) is 182 Å². The van der Waals surface area contributed by atoms with Crippen molar-refractivity contribution < 1.29 is 37.1 Å². The molecule has 59 heavy (non-hydrogen) atoms. The molecule has 5 aliphatic carbocycles. The van der Waals surface area contributed by atoms with Crippen molar-refractivity contribution in [3.8, 4) is 0 Å². The van der Waals surface area contributed by atoms with Crippen molar-refractivity contribution >= 4 is 68.7 Å². The molecule has 5 aliphatic rings. The first-order valence-electron chi connectivity index (χ1n) is 19.0. The van der Waals surface area contributed by atoms with Crippen molar-refractivity contribution in [2.24, 2.45) is 0 Å². The minimum atomic E-state index is -3.67. The molecule has 0 aliphatic heterocycles. The molecule has 0 amide bonds. The zero-order chi connectivity index (χ0) is 37.4. The maximum Gasteiger partial charge on any atom is 3.00 e. The first-order chi connectivity index (χ1) is 26.6. The predicted octanol–water partition coefficient (Wildman–Crippen LogP) is 8.12. The van der Waals surface area contributed by atoms with Crippen LogP contribution in [-0.4, -0.2) is 7.54 Å². The third-order valence-corrected chi connectivity index (χ3v) is 15.5. The van der Waals surface area contributed by atoms with Gasteiger partial charge in [0.1, 0.15) is 31.8 Å². The Morgan fingerprint density at radius 3 is 0.898 bits per heavy atom. The zero-order valence-corrected chi connectivity index (χ0v) is 38.5. The third kappa shape index (κ3) is 16.1. The molecule has 0 nitrogen and oxygen atoms in total. The Morgan fingerprint density at radius 1 is 0.390 bits per heavy atom. The normalized spacial score (nSPS) is 13.4. The largest absolute Gasteiger partial charge is 3.00 e. The summed E-state index contributed by atoms with van der Waals surface area (Å²) in [6, 6.07) is 59.7. The van der Waals surface area contributed by atoms with E-state index in [0.29, 0.717) is 0 Å². The number of halogens is 4. The van der Waals surface area contributed by atoms with Crippen molar-refractivity contribution in [3.63, 3.8) is 0 Å². The second-order valence-electron chi connectivity index (χ2n) is 13.5. The Kier molecular flexibility index (Phi) is 26.1. The topological polar surface area (TPSA) is 0 Å². The second-order valence-corrected chi connectivity index (χ2v) is 18.4. The smallest absolute Gasteiger partial charge is 1.00 e. The Hall–Kier alpha value is -3.58. The SMILES string of the molecule is C1=C\CC/C=C\CC/1.FB(F)F.S.[CH3-].[CH3-].[F-].[Rh+3].c1ccc([PH+](c2ccccc2)c2cc3ccc2CCc2ccc(c([PH+](c4ccccc4)c4ccccc4)c2)CC3)cc1. The number of benzene rings is 6. The van der Waals surface area contributed by atoms with Crippen LogP contribution in [-0.2, 0) is 45.2 Å². The summed E-state index contributed by atoms with van der Waals surface area (Å²) in [6.45, 7) is 0. The number of rotatable bonds is 6. The molecule has 0 heterocycles. The molecule has 0 radical (unpaired) electrons. The van der Waals surface area contributed by atoms with E-state index in [1.807, 2.05) is 0 Å². The molecule has 6 aromatic rings. The van der Waals surface area contributed by atoms with Gasteiger partial charge in [0.25, 0.3) is 0 Å². The molecule has 0 saturated heterocycles. The van der Waals surface area contributed by atoms with Gasteiger partial charge in [0, 0.05) is 0 Å². The summed E-state index contributed by atoms with van der Waals surface area (Å²) in [5.74, 6) is 0. The van der Waals surface area contributed by atoms with Gasteiger partial charge in [0.05, 0.1) is 15.8 Å². The predicted molar refractivity (Wildman–Crippen MR) is 257 cm³/mol. The molecule has 0 atom stereocenters. The van der Waals surface area contributed by atoms with Gasteiger partial charge in [-0.05, 0) is 134 Å². The van der Waals surface area contributed by atoms with Gasteiger partial charge in [-0.15, -0.1) is 0 Å². The number of hydrogen-bond donors (Lipinski definition) is 0. The average Bonchev–Trinajstić information content (AvgIpc) is 3.18. The summed E-state index contributed by atoms with van der Waals surface area (Å²) < 4.78 is 29.0. The van der Waals surface area contributed by atoms with Gasteiger partial charge < -0.3 is 19.6 Å². The summed E-state index contributed by atoms with van der Waals surface area (Å²) >= 11 is 0. The minimum Gasteiger partial charge on any atom is -1.00 e. The van der Waals surface area contributed by atoms with Crippen LogP contribution in [0.5, 0.6) is 0 Å². The molecule has 310 valence electrons. The molecule has 0 saturated carbocycles. The van der Waals surface area contributed by atoms with E-state index in [4.69, 9.17) is 0 Å². The fraction of sp³-hybridized carbons (Fsp3) is 0.160. The van der Waals surface area contributed by atoms with Crippen LogP contribution >= 0.6 is 29.3 Å². The van der Waals surface area contributed by atoms with Crippen LogP contribution in [0.25, 0.3) is 0 Å². The molecule has 9 heteroatoms. The summed E-state index contributed by atoms with van der Waals surface area (Å²) in [6.07, 6.45) is 18.2. The maximum atomic E-state index is 9.67. The minimum absolute atomic E-state index is 0. The van der Waals surface area contributed by atoms with E-state index >= 15 is 0 Å². The van der Waals surface area contributed by atoms with Gasteiger partial charge in [0.2, 0.25) is 0 Å². The Bertz CT molecular complexity index is 1850. The number of allylic oxidation sites excluding steroid dienone is 4. The monoisotopic (exact) mass is 940 g/mol. The molecule has 6 aromatic carbocycles. The molecule has 11 rings (SSSR count). The van der Waals surface area contributed by atoms with E-state index in [1.54, 1.807) is 10.6 Å². The fourth-order valence-electron chi connectivity index (χ4n) is 7.25.